The summed E-state index contributed by atoms with van der Waals surface area (Å²) in [7, 11) is 4.20. The molecule has 0 bridgehead atoms. The molecule has 74 valence electrons. The molecule has 2 heteroatoms. The predicted octanol–water partition coefficient (Wildman–Crippen LogP) is 1.57. The lowest BCUT2D eigenvalue weighted by molar-refractivity contribution is 0.275. The Balaban J connectivity index is 3.51. The lowest BCUT2D eigenvalue weighted by Gasteiger charge is -2.28. The van der Waals surface area contributed by atoms with Gasteiger partial charge in [-0.1, -0.05) is 20.8 Å². The predicted molar refractivity (Wildman–Crippen MR) is 55.5 cm³/mol. The number of hydrogen-bond donors (Lipinski definition) is 1. The van der Waals surface area contributed by atoms with Gasteiger partial charge in [0.2, 0.25) is 0 Å². The zero-order valence-electron chi connectivity index (χ0n) is 9.44. The van der Waals surface area contributed by atoms with Crippen LogP contribution in [0.3, 0.4) is 0 Å². The third-order valence-electron chi connectivity index (χ3n) is 2.31. The van der Waals surface area contributed by atoms with Gasteiger partial charge in [0.1, 0.15) is 0 Å². The van der Waals surface area contributed by atoms with Crippen LogP contribution in [0.15, 0.2) is 0 Å². The molecule has 0 heterocycles. The molecule has 0 aliphatic carbocycles. The first-order valence-corrected chi connectivity index (χ1v) is 4.72. The van der Waals surface area contributed by atoms with E-state index in [1.807, 2.05) is 0 Å². The van der Waals surface area contributed by atoms with E-state index in [1.54, 1.807) is 0 Å². The molecule has 0 saturated carbocycles. The van der Waals surface area contributed by atoms with Crippen LogP contribution >= 0.6 is 0 Å². The quantitative estimate of drug-likeness (QED) is 0.692. The molecular formula is C10H24N2. The van der Waals surface area contributed by atoms with Crippen molar-refractivity contribution in [3.8, 4) is 0 Å². The summed E-state index contributed by atoms with van der Waals surface area (Å²) in [6.07, 6.45) is 0. The first-order chi connectivity index (χ1) is 5.34. The van der Waals surface area contributed by atoms with Crippen molar-refractivity contribution in [1.29, 1.82) is 0 Å². The van der Waals surface area contributed by atoms with Gasteiger partial charge < -0.3 is 10.2 Å². The Morgan fingerprint density at radius 2 is 1.75 bits per heavy atom. The fraction of sp³-hybridized carbons (Fsp3) is 1.00. The fourth-order valence-electron chi connectivity index (χ4n) is 0.811. The van der Waals surface area contributed by atoms with Gasteiger partial charge in [-0.15, -0.1) is 0 Å². The highest BCUT2D eigenvalue weighted by atomic mass is 15.1. The summed E-state index contributed by atoms with van der Waals surface area (Å²) in [6.45, 7) is 11.2. The van der Waals surface area contributed by atoms with E-state index in [2.05, 4.69) is 52.0 Å². The van der Waals surface area contributed by atoms with E-state index >= 15 is 0 Å². The standard InChI is InChI=1S/C10H24N2/c1-9(10(2,3)4)11-7-8-12(5)6/h9,11H,7-8H2,1-6H3/t9-/m0/s1. The molecule has 0 radical (unpaired) electrons. The second kappa shape index (κ2) is 4.83. The lowest BCUT2D eigenvalue weighted by Crippen LogP contribution is -2.40. The molecule has 0 amide bonds. The van der Waals surface area contributed by atoms with Crippen molar-refractivity contribution in [2.24, 2.45) is 5.41 Å². The van der Waals surface area contributed by atoms with Crippen molar-refractivity contribution >= 4 is 0 Å². The number of likely N-dealkylation sites (N-methyl/N-ethyl adjacent to an activating group) is 1. The molecule has 0 aromatic carbocycles. The Morgan fingerprint density at radius 1 is 1.25 bits per heavy atom. The minimum Gasteiger partial charge on any atom is -0.312 e. The van der Waals surface area contributed by atoms with Crippen LogP contribution in [0.5, 0.6) is 0 Å². The monoisotopic (exact) mass is 172 g/mol. The first-order valence-electron chi connectivity index (χ1n) is 4.72. The summed E-state index contributed by atoms with van der Waals surface area (Å²) in [6, 6.07) is 0.581. The van der Waals surface area contributed by atoms with E-state index in [4.69, 9.17) is 0 Å². The largest absolute Gasteiger partial charge is 0.312 e. The summed E-state index contributed by atoms with van der Waals surface area (Å²) in [4.78, 5) is 2.20. The molecule has 12 heavy (non-hydrogen) atoms. The zero-order valence-corrected chi connectivity index (χ0v) is 9.44. The van der Waals surface area contributed by atoms with Crippen molar-refractivity contribution in [3.05, 3.63) is 0 Å². The molecule has 0 fully saturated rings. The Bertz CT molecular complexity index is 113. The maximum atomic E-state index is 3.51. The van der Waals surface area contributed by atoms with E-state index in [0.29, 0.717) is 11.5 Å². The van der Waals surface area contributed by atoms with Crippen LogP contribution in [0.1, 0.15) is 27.7 Å². The Kier molecular flexibility index (Phi) is 4.80. The highest BCUT2D eigenvalue weighted by Gasteiger charge is 2.18. The minimum atomic E-state index is 0.367. The third-order valence-corrected chi connectivity index (χ3v) is 2.31. The van der Waals surface area contributed by atoms with Crippen LogP contribution in [0.25, 0.3) is 0 Å². The van der Waals surface area contributed by atoms with Gasteiger partial charge in [0.15, 0.2) is 0 Å². The van der Waals surface area contributed by atoms with E-state index in [1.165, 1.54) is 0 Å². The highest BCUT2D eigenvalue weighted by molar-refractivity contribution is 4.75. The van der Waals surface area contributed by atoms with E-state index in [9.17, 15) is 0 Å². The maximum absolute atomic E-state index is 3.51. The van der Waals surface area contributed by atoms with Crippen LogP contribution in [0.4, 0.5) is 0 Å². The molecule has 0 unspecified atom stereocenters. The molecule has 1 N–H and O–H groups in total. The topological polar surface area (TPSA) is 15.3 Å². The normalized spacial score (nSPS) is 15.2. The average Bonchev–Trinajstić information content (AvgIpc) is 1.84. The molecule has 0 aromatic heterocycles. The molecule has 0 spiro atoms. The first kappa shape index (κ1) is 11.9. The zero-order chi connectivity index (χ0) is 9.78. The van der Waals surface area contributed by atoms with Gasteiger partial charge >= 0.3 is 0 Å². The molecule has 0 aromatic rings. The van der Waals surface area contributed by atoms with E-state index < -0.39 is 0 Å². The van der Waals surface area contributed by atoms with Gasteiger partial charge in [0.05, 0.1) is 0 Å². The van der Waals surface area contributed by atoms with Gasteiger partial charge in [-0.3, -0.25) is 0 Å². The number of nitrogens with zero attached hydrogens (tertiary/aromatic N) is 1. The van der Waals surface area contributed by atoms with Crippen molar-refractivity contribution in [3.63, 3.8) is 0 Å². The number of rotatable bonds is 4. The molecule has 0 rings (SSSR count). The SMILES string of the molecule is C[C@H](NCCN(C)C)C(C)(C)C. The summed E-state index contributed by atoms with van der Waals surface area (Å²) >= 11 is 0. The molecule has 0 aliphatic heterocycles. The van der Waals surface area contributed by atoms with Gasteiger partial charge in [-0.25, -0.2) is 0 Å². The molecule has 0 aliphatic rings. The summed E-state index contributed by atoms with van der Waals surface area (Å²) in [5.41, 5.74) is 0.367. The van der Waals surface area contributed by atoms with Crippen LogP contribution < -0.4 is 5.32 Å². The fourth-order valence-corrected chi connectivity index (χ4v) is 0.811. The van der Waals surface area contributed by atoms with Crippen LogP contribution in [-0.4, -0.2) is 38.1 Å². The summed E-state index contributed by atoms with van der Waals surface area (Å²) in [5.74, 6) is 0. The highest BCUT2D eigenvalue weighted by Crippen LogP contribution is 2.17. The van der Waals surface area contributed by atoms with Gasteiger partial charge in [0, 0.05) is 19.1 Å². The lowest BCUT2D eigenvalue weighted by atomic mass is 9.88. The van der Waals surface area contributed by atoms with E-state index in [0.717, 1.165) is 13.1 Å². The molecular weight excluding hydrogens is 148 g/mol. The maximum Gasteiger partial charge on any atom is 0.0101 e. The van der Waals surface area contributed by atoms with Gasteiger partial charge in [-0.2, -0.15) is 0 Å². The average molecular weight is 172 g/mol. The smallest absolute Gasteiger partial charge is 0.0101 e. The van der Waals surface area contributed by atoms with Gasteiger partial charge in [-0.05, 0) is 26.4 Å². The van der Waals surface area contributed by atoms with Crippen LogP contribution in [-0.2, 0) is 0 Å². The Hall–Kier alpha value is -0.0800. The van der Waals surface area contributed by atoms with Gasteiger partial charge in [0.25, 0.3) is 0 Å². The minimum absolute atomic E-state index is 0.367. The second-order valence-electron chi connectivity index (χ2n) is 4.85. The van der Waals surface area contributed by atoms with E-state index in [-0.39, 0.29) is 0 Å². The number of hydrogen-bond acceptors (Lipinski definition) is 2. The van der Waals surface area contributed by atoms with Crippen molar-refractivity contribution < 1.29 is 0 Å². The van der Waals surface area contributed by atoms with Crippen LogP contribution in [0, 0.1) is 5.41 Å². The Morgan fingerprint density at radius 3 is 2.08 bits per heavy atom. The second-order valence-corrected chi connectivity index (χ2v) is 4.85. The molecule has 0 saturated heterocycles. The summed E-state index contributed by atoms with van der Waals surface area (Å²) < 4.78 is 0. The van der Waals surface area contributed by atoms with Crippen molar-refractivity contribution in [2.45, 2.75) is 33.7 Å². The number of nitrogens with one attached hydrogen (secondary N) is 1. The third kappa shape index (κ3) is 5.56. The molecule has 1 atom stereocenters. The van der Waals surface area contributed by atoms with Crippen molar-refractivity contribution in [1.82, 2.24) is 10.2 Å². The van der Waals surface area contributed by atoms with Crippen molar-refractivity contribution in [2.75, 3.05) is 27.2 Å². The molecule has 2 nitrogen and oxygen atoms in total. The summed E-state index contributed by atoms with van der Waals surface area (Å²) in [5, 5.41) is 3.51. The Labute approximate surface area is 77.3 Å². The van der Waals surface area contributed by atoms with Crippen LogP contribution in [0.2, 0.25) is 0 Å².